The van der Waals surface area contributed by atoms with Crippen LogP contribution in [0.1, 0.15) is 25.8 Å². The van der Waals surface area contributed by atoms with Crippen molar-refractivity contribution in [2.75, 3.05) is 17.7 Å². The van der Waals surface area contributed by atoms with Gasteiger partial charge in [0.15, 0.2) is 11.9 Å². The fraction of sp³-hybridized carbons (Fsp3) is 0.345. The molecule has 2 aliphatic rings. The number of aliphatic hydroxyl groups is 3. The van der Waals surface area contributed by atoms with Crippen LogP contribution in [-0.4, -0.2) is 45.1 Å². The average Bonchev–Trinajstić information content (AvgIpc) is 2.89. The van der Waals surface area contributed by atoms with Crippen LogP contribution in [0.4, 0.5) is 5.69 Å². The Morgan fingerprint density at radius 2 is 1.89 bits per heavy atom. The predicted octanol–water partition coefficient (Wildman–Crippen LogP) is 6.67. The number of rotatable bonds is 9. The summed E-state index contributed by atoms with van der Waals surface area (Å²) in [5, 5.41) is 34.2. The van der Waals surface area contributed by atoms with Gasteiger partial charge in [-0.25, -0.2) is 0 Å². The molecule has 7 nitrogen and oxygen atoms in total. The number of carbonyl (C=O) groups is 1. The molecule has 0 fully saturated rings. The SMILES string of the molecule is CCOc1ccc(C[C@@H]2CC(C3=C(O)C(O)=C(O)[C@@H](CSc4cccc(NC(C)=O)c4)O3)C=C[C@@H]2Cl)cc1. The van der Waals surface area contributed by atoms with Crippen LogP contribution in [0.25, 0.3) is 0 Å². The number of amides is 1. The van der Waals surface area contributed by atoms with Crippen molar-refractivity contribution in [3.63, 3.8) is 0 Å². The number of thioether (sulfide) groups is 1. The fourth-order valence-corrected chi connectivity index (χ4v) is 5.81. The van der Waals surface area contributed by atoms with Gasteiger partial charge >= 0.3 is 0 Å². The zero-order valence-corrected chi connectivity index (χ0v) is 22.8. The smallest absolute Gasteiger partial charge is 0.221 e. The van der Waals surface area contributed by atoms with Crippen molar-refractivity contribution in [1.82, 2.24) is 0 Å². The Kier molecular flexibility index (Phi) is 9.17. The first-order valence-corrected chi connectivity index (χ1v) is 13.9. The van der Waals surface area contributed by atoms with Gasteiger partial charge in [-0.1, -0.05) is 30.4 Å². The quantitative estimate of drug-likeness (QED) is 0.155. The first-order chi connectivity index (χ1) is 18.2. The third-order valence-electron chi connectivity index (χ3n) is 6.43. The van der Waals surface area contributed by atoms with Crippen LogP contribution in [0.5, 0.6) is 5.75 Å². The zero-order valence-electron chi connectivity index (χ0n) is 21.3. The second-order valence-electron chi connectivity index (χ2n) is 9.29. The lowest BCUT2D eigenvalue weighted by atomic mass is 9.81. The van der Waals surface area contributed by atoms with Crippen molar-refractivity contribution >= 4 is 35.0 Å². The van der Waals surface area contributed by atoms with E-state index in [2.05, 4.69) is 5.32 Å². The Morgan fingerprint density at radius 3 is 2.61 bits per heavy atom. The lowest BCUT2D eigenvalue weighted by Crippen LogP contribution is -2.31. The number of anilines is 1. The summed E-state index contributed by atoms with van der Waals surface area (Å²) in [5.74, 6) is -0.555. The molecule has 2 aromatic carbocycles. The van der Waals surface area contributed by atoms with E-state index in [9.17, 15) is 20.1 Å². The molecule has 1 unspecified atom stereocenters. The number of alkyl halides is 1. The number of benzene rings is 2. The van der Waals surface area contributed by atoms with Gasteiger partial charge in [-0.15, -0.1) is 23.4 Å². The van der Waals surface area contributed by atoms with Crippen molar-refractivity contribution in [2.45, 2.75) is 43.1 Å². The van der Waals surface area contributed by atoms with Gasteiger partial charge in [-0.2, -0.15) is 0 Å². The van der Waals surface area contributed by atoms with Crippen LogP contribution in [-0.2, 0) is 16.0 Å². The Labute approximate surface area is 231 Å². The lowest BCUT2D eigenvalue weighted by molar-refractivity contribution is -0.114. The molecule has 1 aliphatic carbocycles. The summed E-state index contributed by atoms with van der Waals surface area (Å²) in [6.45, 7) is 3.99. The van der Waals surface area contributed by atoms with E-state index in [1.54, 1.807) is 6.07 Å². The summed E-state index contributed by atoms with van der Waals surface area (Å²) in [4.78, 5) is 12.2. The number of allylic oxidation sites excluding steroid dienone is 2. The van der Waals surface area contributed by atoms with E-state index in [0.717, 1.165) is 22.6 Å². The van der Waals surface area contributed by atoms with E-state index >= 15 is 0 Å². The molecule has 0 radical (unpaired) electrons. The highest BCUT2D eigenvalue weighted by atomic mass is 35.5. The van der Waals surface area contributed by atoms with E-state index in [1.807, 2.05) is 61.5 Å². The monoisotopic (exact) mass is 557 g/mol. The summed E-state index contributed by atoms with van der Waals surface area (Å²) in [6.07, 6.45) is 4.25. The molecule has 1 aliphatic heterocycles. The summed E-state index contributed by atoms with van der Waals surface area (Å²) < 4.78 is 11.6. The highest BCUT2D eigenvalue weighted by Gasteiger charge is 2.37. The van der Waals surface area contributed by atoms with E-state index in [1.165, 1.54) is 18.7 Å². The highest BCUT2D eigenvalue weighted by Crippen LogP contribution is 2.40. The van der Waals surface area contributed by atoms with Crippen LogP contribution in [0, 0.1) is 11.8 Å². The number of aliphatic hydroxyl groups excluding tert-OH is 3. The number of hydrogen-bond acceptors (Lipinski definition) is 7. The molecule has 0 saturated carbocycles. The summed E-state index contributed by atoms with van der Waals surface area (Å²) in [7, 11) is 0. The largest absolute Gasteiger partial charge is 0.505 e. The van der Waals surface area contributed by atoms with Crippen molar-refractivity contribution in [1.29, 1.82) is 0 Å². The standard InChI is InChI=1S/C29H32ClNO6S/c1-3-36-22-10-7-18(8-11-22)13-20-14-19(9-12-24(20)30)29-28(35)27(34)26(33)25(37-29)16-38-23-6-4-5-21(15-23)31-17(2)32/h4-12,15,19-20,24-25,33-35H,3,13-14,16H2,1-2H3,(H,31,32)/t19?,20-,24+,25-/m1/s1. The van der Waals surface area contributed by atoms with Gasteiger partial charge in [-0.05, 0) is 61.6 Å². The van der Waals surface area contributed by atoms with E-state index in [4.69, 9.17) is 21.1 Å². The van der Waals surface area contributed by atoms with Gasteiger partial charge in [-0.3, -0.25) is 4.79 Å². The molecular weight excluding hydrogens is 526 g/mol. The second kappa shape index (κ2) is 12.5. The Morgan fingerprint density at radius 1 is 1.13 bits per heavy atom. The third kappa shape index (κ3) is 6.79. The number of ether oxygens (including phenoxy) is 2. The maximum absolute atomic E-state index is 11.4. The molecule has 2 aromatic rings. The minimum absolute atomic E-state index is 0.0690. The molecule has 0 aromatic heterocycles. The van der Waals surface area contributed by atoms with Gasteiger partial charge < -0.3 is 30.1 Å². The molecule has 4 atom stereocenters. The summed E-state index contributed by atoms with van der Waals surface area (Å²) >= 11 is 8.03. The maximum atomic E-state index is 11.4. The third-order valence-corrected chi connectivity index (χ3v) is 7.99. The molecular formula is C29H32ClNO6S. The molecule has 202 valence electrons. The molecule has 9 heteroatoms. The normalized spacial score (nSPS) is 23.2. The predicted molar refractivity (Wildman–Crippen MR) is 150 cm³/mol. The Bertz CT molecular complexity index is 1240. The summed E-state index contributed by atoms with van der Waals surface area (Å²) in [6, 6.07) is 15.2. The second-order valence-corrected chi connectivity index (χ2v) is 10.9. The first-order valence-electron chi connectivity index (χ1n) is 12.5. The first kappa shape index (κ1) is 27.8. The van der Waals surface area contributed by atoms with Crippen LogP contribution < -0.4 is 10.1 Å². The van der Waals surface area contributed by atoms with Crippen molar-refractivity contribution in [3.05, 3.63) is 89.3 Å². The van der Waals surface area contributed by atoms with E-state index in [0.29, 0.717) is 18.7 Å². The molecule has 0 spiro atoms. The van der Waals surface area contributed by atoms with Crippen molar-refractivity contribution in [2.24, 2.45) is 11.8 Å². The minimum atomic E-state index is -0.859. The number of halogens is 1. The average molecular weight is 558 g/mol. The molecule has 4 N–H and O–H groups in total. The molecule has 38 heavy (non-hydrogen) atoms. The van der Waals surface area contributed by atoms with E-state index in [-0.39, 0.29) is 34.6 Å². The van der Waals surface area contributed by atoms with Crippen LogP contribution >= 0.6 is 23.4 Å². The zero-order chi connectivity index (χ0) is 27.2. The van der Waals surface area contributed by atoms with Gasteiger partial charge in [0, 0.05) is 29.2 Å². The van der Waals surface area contributed by atoms with Crippen molar-refractivity contribution < 1.29 is 29.6 Å². The summed E-state index contributed by atoms with van der Waals surface area (Å²) in [5.41, 5.74) is 1.78. The topological polar surface area (TPSA) is 108 Å². The minimum Gasteiger partial charge on any atom is -0.505 e. The molecule has 0 bridgehead atoms. The Hall–Kier alpha value is -3.23. The van der Waals surface area contributed by atoms with Gasteiger partial charge in [0.1, 0.15) is 11.5 Å². The number of nitrogens with one attached hydrogen (secondary N) is 1. The van der Waals surface area contributed by atoms with Crippen molar-refractivity contribution in [3.8, 4) is 5.75 Å². The molecule has 4 rings (SSSR count). The van der Waals surface area contributed by atoms with Crippen LogP contribution in [0.15, 0.2) is 88.6 Å². The fourth-order valence-electron chi connectivity index (χ4n) is 4.58. The van der Waals surface area contributed by atoms with Crippen LogP contribution in [0.3, 0.4) is 0 Å². The van der Waals surface area contributed by atoms with Gasteiger partial charge in [0.05, 0.1) is 12.0 Å². The molecule has 0 saturated heterocycles. The number of carbonyl (C=O) groups excluding carboxylic acids is 1. The molecule has 1 heterocycles. The van der Waals surface area contributed by atoms with Crippen LogP contribution in [0.2, 0.25) is 0 Å². The maximum Gasteiger partial charge on any atom is 0.221 e. The lowest BCUT2D eigenvalue weighted by Gasteiger charge is -2.33. The van der Waals surface area contributed by atoms with Gasteiger partial charge in [0.25, 0.3) is 0 Å². The highest BCUT2D eigenvalue weighted by molar-refractivity contribution is 7.99. The molecule has 1 amide bonds. The van der Waals surface area contributed by atoms with Gasteiger partial charge in [0.2, 0.25) is 17.4 Å². The van der Waals surface area contributed by atoms with E-state index < -0.39 is 23.4 Å². The number of hydrogen-bond donors (Lipinski definition) is 4. The Balaban J connectivity index is 1.45.